The van der Waals surface area contributed by atoms with E-state index in [1.165, 1.54) is 69.0 Å². The molecule has 2 aromatic heterocycles. The average molecular weight is 444 g/mol. The van der Waals surface area contributed by atoms with Gasteiger partial charge in [-0.25, -0.2) is 4.98 Å². The smallest absolute Gasteiger partial charge is 0.227 e. The summed E-state index contributed by atoms with van der Waals surface area (Å²) in [5, 5.41) is 11.6. The number of hydrogen-bond donors (Lipinski definition) is 1. The highest BCUT2D eigenvalue weighted by molar-refractivity contribution is 6.32. The van der Waals surface area contributed by atoms with Crippen molar-refractivity contribution in [3.05, 3.63) is 29.7 Å². The van der Waals surface area contributed by atoms with Crippen LogP contribution in [0.5, 0.6) is 0 Å². The average Bonchev–Trinajstić information content (AvgIpc) is 3.23. The summed E-state index contributed by atoms with van der Waals surface area (Å²) < 4.78 is 0. The van der Waals surface area contributed by atoms with Gasteiger partial charge in [-0.15, -0.1) is 4.80 Å². The van der Waals surface area contributed by atoms with Gasteiger partial charge in [-0.05, 0) is 37.2 Å². The Balaban J connectivity index is 1.35. The maximum absolute atomic E-state index is 13.0. The van der Waals surface area contributed by atoms with Gasteiger partial charge in [-0.3, -0.25) is 4.79 Å². The number of hydrogen-bond acceptors (Lipinski definition) is 4. The van der Waals surface area contributed by atoms with Crippen molar-refractivity contribution in [2.24, 2.45) is 17.8 Å². The Hall–Kier alpha value is -1.95. The highest BCUT2D eigenvalue weighted by Crippen LogP contribution is 2.37. The molecule has 1 amide bonds. The van der Waals surface area contributed by atoms with Crippen LogP contribution in [0, 0.1) is 17.8 Å². The van der Waals surface area contributed by atoms with Crippen LogP contribution in [-0.4, -0.2) is 25.9 Å². The molecule has 168 valence electrons. The second-order valence-corrected chi connectivity index (χ2v) is 9.67. The molecular weight excluding hydrogens is 410 g/mol. The predicted molar refractivity (Wildman–Crippen MR) is 123 cm³/mol. The Morgan fingerprint density at radius 1 is 0.871 bits per heavy atom. The number of rotatable bonds is 4. The second kappa shape index (κ2) is 11.1. The minimum absolute atomic E-state index is 0.0718. The van der Waals surface area contributed by atoms with Crippen LogP contribution in [0.3, 0.4) is 0 Å². The number of amides is 1. The molecule has 2 fully saturated rings. The first-order valence-electron chi connectivity index (χ1n) is 12.0. The van der Waals surface area contributed by atoms with Gasteiger partial charge in [-0.2, -0.15) is 10.2 Å². The summed E-state index contributed by atoms with van der Waals surface area (Å²) in [6, 6.07) is 1.73. The molecule has 0 spiro atoms. The highest BCUT2D eigenvalue weighted by atomic mass is 35.5. The standard InChI is InChI=1S/C24H34ClN5O/c25-22-16-21(17-26-23(22)30-27-14-15-28-30)29-24(31)20-11-7-6-10-19(12-13-20)18-8-4-2-1-3-5-9-18/h14-20H,1-13H2,(H,29,31). The summed E-state index contributed by atoms with van der Waals surface area (Å²) in [7, 11) is 0. The van der Waals surface area contributed by atoms with Gasteiger partial charge in [0.05, 0.1) is 29.3 Å². The normalized spacial score (nSPS) is 23.9. The first-order chi connectivity index (χ1) is 15.2. The molecule has 31 heavy (non-hydrogen) atoms. The number of halogens is 1. The molecule has 2 aromatic rings. The summed E-state index contributed by atoms with van der Waals surface area (Å²) in [4.78, 5) is 18.7. The number of nitrogens with one attached hydrogen (secondary N) is 1. The van der Waals surface area contributed by atoms with Crippen LogP contribution in [-0.2, 0) is 4.79 Å². The summed E-state index contributed by atoms with van der Waals surface area (Å²) >= 11 is 6.35. The molecule has 0 aromatic carbocycles. The maximum atomic E-state index is 13.0. The Bertz CT molecular complexity index is 833. The lowest BCUT2D eigenvalue weighted by molar-refractivity contribution is -0.120. The molecule has 2 aliphatic carbocycles. The first kappa shape index (κ1) is 22.3. The van der Waals surface area contributed by atoms with Gasteiger partial charge in [-0.1, -0.05) is 75.8 Å². The number of carbonyl (C=O) groups excluding carboxylic acids is 1. The van der Waals surface area contributed by atoms with Crippen molar-refractivity contribution in [3.63, 3.8) is 0 Å². The van der Waals surface area contributed by atoms with E-state index in [1.54, 1.807) is 24.7 Å². The van der Waals surface area contributed by atoms with E-state index in [4.69, 9.17) is 11.6 Å². The lowest BCUT2D eigenvalue weighted by atomic mass is 9.74. The Morgan fingerprint density at radius 3 is 2.19 bits per heavy atom. The first-order valence-corrected chi connectivity index (χ1v) is 12.4. The fourth-order valence-corrected chi connectivity index (χ4v) is 5.65. The van der Waals surface area contributed by atoms with Gasteiger partial charge >= 0.3 is 0 Å². The van der Waals surface area contributed by atoms with Crippen molar-refractivity contribution in [2.75, 3.05) is 5.32 Å². The van der Waals surface area contributed by atoms with Gasteiger partial charge in [0.15, 0.2) is 5.82 Å². The fraction of sp³-hybridized carbons (Fsp3) is 0.667. The van der Waals surface area contributed by atoms with Crippen LogP contribution in [0.1, 0.15) is 83.5 Å². The summed E-state index contributed by atoms with van der Waals surface area (Å²) in [5.74, 6) is 2.29. The largest absolute Gasteiger partial charge is 0.324 e. The van der Waals surface area contributed by atoms with Crippen LogP contribution < -0.4 is 5.32 Å². The molecule has 2 aliphatic rings. The van der Waals surface area contributed by atoms with Crippen LogP contribution in [0.4, 0.5) is 5.69 Å². The van der Waals surface area contributed by atoms with E-state index in [1.807, 2.05) is 0 Å². The molecule has 2 heterocycles. The molecule has 2 saturated carbocycles. The van der Waals surface area contributed by atoms with E-state index < -0.39 is 0 Å². The Morgan fingerprint density at radius 2 is 1.48 bits per heavy atom. The van der Waals surface area contributed by atoms with E-state index in [0.29, 0.717) is 16.5 Å². The van der Waals surface area contributed by atoms with Gasteiger partial charge in [0.25, 0.3) is 0 Å². The predicted octanol–water partition coefficient (Wildman–Crippen LogP) is 6.20. The van der Waals surface area contributed by atoms with Crippen molar-refractivity contribution >= 4 is 23.2 Å². The summed E-state index contributed by atoms with van der Waals surface area (Å²) in [6.07, 6.45) is 21.5. The van der Waals surface area contributed by atoms with Crippen molar-refractivity contribution in [3.8, 4) is 5.82 Å². The summed E-state index contributed by atoms with van der Waals surface area (Å²) in [6.45, 7) is 0. The fourth-order valence-electron chi connectivity index (χ4n) is 5.41. The molecule has 0 radical (unpaired) electrons. The zero-order valence-corrected chi connectivity index (χ0v) is 19.1. The highest BCUT2D eigenvalue weighted by Gasteiger charge is 2.27. The Kier molecular flexibility index (Phi) is 7.95. The monoisotopic (exact) mass is 443 g/mol. The topological polar surface area (TPSA) is 72.7 Å². The van der Waals surface area contributed by atoms with Crippen LogP contribution in [0.25, 0.3) is 5.82 Å². The zero-order valence-electron chi connectivity index (χ0n) is 18.3. The van der Waals surface area contributed by atoms with E-state index in [9.17, 15) is 4.79 Å². The van der Waals surface area contributed by atoms with Gasteiger partial charge < -0.3 is 5.32 Å². The van der Waals surface area contributed by atoms with Crippen LogP contribution in [0.15, 0.2) is 24.7 Å². The number of carbonyl (C=O) groups is 1. The van der Waals surface area contributed by atoms with E-state index in [-0.39, 0.29) is 11.8 Å². The molecule has 0 saturated heterocycles. The SMILES string of the molecule is O=C(Nc1cnc(-n2nccn2)c(Cl)c1)C1CCCCC(C2CCCCCCC2)CC1. The lowest BCUT2D eigenvalue weighted by Gasteiger charge is -2.32. The van der Waals surface area contributed by atoms with Crippen molar-refractivity contribution in [1.29, 1.82) is 0 Å². The summed E-state index contributed by atoms with van der Waals surface area (Å²) in [5.41, 5.74) is 0.629. The van der Waals surface area contributed by atoms with Crippen molar-refractivity contribution < 1.29 is 4.79 Å². The number of pyridine rings is 1. The quantitative estimate of drug-likeness (QED) is 0.610. The van der Waals surface area contributed by atoms with Crippen LogP contribution in [0.2, 0.25) is 5.02 Å². The van der Waals surface area contributed by atoms with Gasteiger partial charge in [0, 0.05) is 5.92 Å². The second-order valence-electron chi connectivity index (χ2n) is 9.26. The molecule has 7 heteroatoms. The molecule has 2 unspecified atom stereocenters. The van der Waals surface area contributed by atoms with Gasteiger partial charge in [0.2, 0.25) is 5.91 Å². The molecule has 0 bridgehead atoms. The third-order valence-corrected chi connectivity index (χ3v) is 7.43. The zero-order chi connectivity index (χ0) is 21.5. The van der Waals surface area contributed by atoms with Crippen LogP contribution >= 0.6 is 11.6 Å². The third kappa shape index (κ3) is 6.06. The molecule has 1 N–H and O–H groups in total. The maximum Gasteiger partial charge on any atom is 0.227 e. The van der Waals surface area contributed by atoms with E-state index >= 15 is 0 Å². The molecule has 2 atom stereocenters. The molecular formula is C24H34ClN5O. The number of anilines is 1. The Labute approximate surface area is 190 Å². The minimum atomic E-state index is 0.0718. The third-order valence-electron chi connectivity index (χ3n) is 7.15. The molecule has 6 nitrogen and oxygen atoms in total. The number of nitrogens with zero attached hydrogens (tertiary/aromatic N) is 4. The lowest BCUT2D eigenvalue weighted by Crippen LogP contribution is -2.26. The number of aromatic nitrogens is 4. The molecule has 0 aliphatic heterocycles. The van der Waals surface area contributed by atoms with E-state index in [2.05, 4.69) is 20.5 Å². The van der Waals surface area contributed by atoms with Crippen molar-refractivity contribution in [1.82, 2.24) is 20.0 Å². The van der Waals surface area contributed by atoms with E-state index in [0.717, 1.165) is 31.1 Å². The van der Waals surface area contributed by atoms with Gasteiger partial charge in [0.1, 0.15) is 0 Å². The van der Waals surface area contributed by atoms with Crippen molar-refractivity contribution in [2.45, 2.75) is 83.5 Å². The molecule has 4 rings (SSSR count). The minimum Gasteiger partial charge on any atom is -0.324 e.